The molecule has 0 spiro atoms. The monoisotopic (exact) mass is 248 g/mol. The van der Waals surface area contributed by atoms with Crippen molar-refractivity contribution in [1.29, 1.82) is 0 Å². The summed E-state index contributed by atoms with van der Waals surface area (Å²) in [4.78, 5) is 27.3. The van der Waals surface area contributed by atoms with Crippen LogP contribution in [0, 0.1) is 6.92 Å². The van der Waals surface area contributed by atoms with Crippen LogP contribution in [-0.2, 0) is 4.79 Å². The number of nitrogens with zero attached hydrogens (tertiary/aromatic N) is 1. The molecule has 18 heavy (non-hydrogen) atoms. The lowest BCUT2D eigenvalue weighted by Gasteiger charge is -2.11. The Kier molecular flexibility index (Phi) is 3.45. The Morgan fingerprint density at radius 2 is 2.28 bits per heavy atom. The smallest absolute Gasteiger partial charge is 0.251 e. The van der Waals surface area contributed by atoms with E-state index in [-0.39, 0.29) is 17.9 Å². The number of anilines is 1. The van der Waals surface area contributed by atoms with Gasteiger partial charge in [0.05, 0.1) is 6.04 Å². The Labute approximate surface area is 105 Å². The molecule has 1 fully saturated rings. The predicted molar refractivity (Wildman–Crippen MR) is 67.4 cm³/mol. The Morgan fingerprint density at radius 3 is 2.89 bits per heavy atom. The average molecular weight is 248 g/mol. The highest BCUT2D eigenvalue weighted by Crippen LogP contribution is 2.10. The van der Waals surface area contributed by atoms with Crippen molar-refractivity contribution in [3.63, 3.8) is 0 Å². The fourth-order valence-corrected chi connectivity index (χ4v) is 1.90. The van der Waals surface area contributed by atoms with Crippen LogP contribution in [0.15, 0.2) is 12.1 Å². The first-order chi connectivity index (χ1) is 8.58. The van der Waals surface area contributed by atoms with Crippen LogP contribution in [-0.4, -0.2) is 36.4 Å². The molecule has 0 saturated carbocycles. The maximum atomic E-state index is 12.0. The van der Waals surface area contributed by atoms with E-state index in [1.54, 1.807) is 19.2 Å². The van der Waals surface area contributed by atoms with Gasteiger partial charge in [0.2, 0.25) is 5.91 Å². The third-order valence-electron chi connectivity index (χ3n) is 2.78. The van der Waals surface area contributed by atoms with E-state index in [4.69, 9.17) is 0 Å². The van der Waals surface area contributed by atoms with Gasteiger partial charge in [-0.05, 0) is 19.1 Å². The van der Waals surface area contributed by atoms with E-state index in [1.807, 2.05) is 6.92 Å². The fraction of sp³-hybridized carbons (Fsp3) is 0.417. The van der Waals surface area contributed by atoms with Gasteiger partial charge in [0.1, 0.15) is 5.82 Å². The number of carbonyl (C=O) groups is 2. The Hall–Kier alpha value is -2.11. The van der Waals surface area contributed by atoms with Crippen LogP contribution in [0.1, 0.15) is 22.5 Å². The summed E-state index contributed by atoms with van der Waals surface area (Å²) in [5, 5.41) is 8.41. The second-order valence-corrected chi connectivity index (χ2v) is 4.31. The third-order valence-corrected chi connectivity index (χ3v) is 2.78. The molecular weight excluding hydrogens is 232 g/mol. The largest absolute Gasteiger partial charge is 0.373 e. The number of aromatic nitrogens is 1. The molecule has 2 rings (SSSR count). The molecular formula is C12H16N4O2. The maximum absolute atomic E-state index is 12.0. The van der Waals surface area contributed by atoms with E-state index in [1.165, 1.54) is 0 Å². The standard InChI is InChI=1S/C12H16N4O2/c1-7-3-8(4-10(13-2)15-7)12(18)16-9-5-11(17)14-6-9/h3-4,9H,5-6H2,1-2H3,(H,13,15)(H,14,17)(H,16,18). The van der Waals surface area contributed by atoms with E-state index >= 15 is 0 Å². The van der Waals surface area contributed by atoms with Gasteiger partial charge in [0.25, 0.3) is 5.91 Å². The molecule has 0 aliphatic carbocycles. The van der Waals surface area contributed by atoms with Crippen molar-refractivity contribution in [2.24, 2.45) is 0 Å². The highest BCUT2D eigenvalue weighted by molar-refractivity contribution is 5.95. The second-order valence-electron chi connectivity index (χ2n) is 4.31. The zero-order chi connectivity index (χ0) is 13.1. The minimum absolute atomic E-state index is 0.0258. The van der Waals surface area contributed by atoms with Crippen molar-refractivity contribution in [3.05, 3.63) is 23.4 Å². The van der Waals surface area contributed by atoms with Crippen molar-refractivity contribution < 1.29 is 9.59 Å². The van der Waals surface area contributed by atoms with Gasteiger partial charge in [-0.2, -0.15) is 0 Å². The minimum atomic E-state index is -0.182. The predicted octanol–water partition coefficient (Wildman–Crippen LogP) is 0.0500. The molecule has 3 N–H and O–H groups in total. The summed E-state index contributed by atoms with van der Waals surface area (Å²) in [6.45, 7) is 2.33. The molecule has 1 aromatic rings. The van der Waals surface area contributed by atoms with Gasteiger partial charge in [-0.3, -0.25) is 9.59 Å². The lowest BCUT2D eigenvalue weighted by Crippen LogP contribution is -2.36. The lowest BCUT2D eigenvalue weighted by atomic mass is 10.2. The van der Waals surface area contributed by atoms with E-state index in [0.29, 0.717) is 24.3 Å². The zero-order valence-electron chi connectivity index (χ0n) is 10.4. The number of rotatable bonds is 3. The van der Waals surface area contributed by atoms with E-state index in [2.05, 4.69) is 20.9 Å². The van der Waals surface area contributed by atoms with Gasteiger partial charge in [-0.1, -0.05) is 0 Å². The van der Waals surface area contributed by atoms with Crippen LogP contribution in [0.25, 0.3) is 0 Å². The number of carbonyl (C=O) groups excluding carboxylic acids is 2. The number of aryl methyl sites for hydroxylation is 1. The summed E-state index contributed by atoms with van der Waals surface area (Å²) < 4.78 is 0. The molecule has 1 aliphatic rings. The first kappa shape index (κ1) is 12.3. The molecule has 1 aliphatic heterocycles. The SMILES string of the molecule is CNc1cc(C(=O)NC2CNC(=O)C2)cc(C)n1. The van der Waals surface area contributed by atoms with Crippen LogP contribution in [0.5, 0.6) is 0 Å². The Balaban J connectivity index is 2.08. The van der Waals surface area contributed by atoms with Crippen molar-refractivity contribution in [1.82, 2.24) is 15.6 Å². The number of nitrogens with one attached hydrogen (secondary N) is 3. The number of hydrogen-bond donors (Lipinski definition) is 3. The van der Waals surface area contributed by atoms with Gasteiger partial charge < -0.3 is 16.0 Å². The van der Waals surface area contributed by atoms with Gasteiger partial charge in [0, 0.05) is 31.3 Å². The highest BCUT2D eigenvalue weighted by Gasteiger charge is 2.23. The molecule has 1 aromatic heterocycles. The molecule has 0 radical (unpaired) electrons. The fourth-order valence-electron chi connectivity index (χ4n) is 1.90. The molecule has 0 bridgehead atoms. The minimum Gasteiger partial charge on any atom is -0.373 e. The Morgan fingerprint density at radius 1 is 1.50 bits per heavy atom. The van der Waals surface area contributed by atoms with Gasteiger partial charge in [-0.25, -0.2) is 4.98 Å². The van der Waals surface area contributed by atoms with Crippen LogP contribution >= 0.6 is 0 Å². The van der Waals surface area contributed by atoms with Crippen molar-refractivity contribution in [2.75, 3.05) is 18.9 Å². The molecule has 6 nitrogen and oxygen atoms in total. The van der Waals surface area contributed by atoms with Crippen LogP contribution in [0.2, 0.25) is 0 Å². The van der Waals surface area contributed by atoms with Gasteiger partial charge in [-0.15, -0.1) is 0 Å². The molecule has 1 unspecified atom stereocenters. The summed E-state index contributed by atoms with van der Waals surface area (Å²) in [6, 6.07) is 3.28. The number of amides is 2. The van der Waals surface area contributed by atoms with Crippen LogP contribution < -0.4 is 16.0 Å². The number of pyridine rings is 1. The van der Waals surface area contributed by atoms with Crippen molar-refractivity contribution >= 4 is 17.6 Å². The summed E-state index contributed by atoms with van der Waals surface area (Å²) in [5.41, 5.74) is 1.32. The summed E-state index contributed by atoms with van der Waals surface area (Å²) in [5.74, 6) is 0.446. The Bertz CT molecular complexity index is 487. The third kappa shape index (κ3) is 2.77. The normalized spacial score (nSPS) is 18.3. The van der Waals surface area contributed by atoms with Gasteiger partial charge >= 0.3 is 0 Å². The van der Waals surface area contributed by atoms with Crippen LogP contribution in [0.3, 0.4) is 0 Å². The second kappa shape index (κ2) is 5.03. The van der Waals surface area contributed by atoms with E-state index < -0.39 is 0 Å². The van der Waals surface area contributed by atoms with E-state index in [0.717, 1.165) is 5.69 Å². The quantitative estimate of drug-likeness (QED) is 0.706. The molecule has 6 heteroatoms. The molecule has 1 atom stereocenters. The summed E-state index contributed by atoms with van der Waals surface area (Å²) >= 11 is 0. The topological polar surface area (TPSA) is 83.1 Å². The number of hydrogen-bond acceptors (Lipinski definition) is 4. The molecule has 2 heterocycles. The zero-order valence-corrected chi connectivity index (χ0v) is 10.4. The van der Waals surface area contributed by atoms with Gasteiger partial charge in [0.15, 0.2) is 0 Å². The molecule has 2 amide bonds. The first-order valence-corrected chi connectivity index (χ1v) is 5.82. The van der Waals surface area contributed by atoms with Crippen molar-refractivity contribution in [3.8, 4) is 0 Å². The first-order valence-electron chi connectivity index (χ1n) is 5.82. The summed E-state index contributed by atoms with van der Waals surface area (Å²) in [7, 11) is 1.75. The molecule has 96 valence electrons. The van der Waals surface area contributed by atoms with Crippen molar-refractivity contribution in [2.45, 2.75) is 19.4 Å². The average Bonchev–Trinajstić information content (AvgIpc) is 2.73. The molecule has 1 saturated heterocycles. The maximum Gasteiger partial charge on any atom is 0.251 e. The lowest BCUT2D eigenvalue weighted by molar-refractivity contribution is -0.119. The highest BCUT2D eigenvalue weighted by atomic mass is 16.2. The van der Waals surface area contributed by atoms with E-state index in [9.17, 15) is 9.59 Å². The molecule has 0 aromatic carbocycles. The van der Waals surface area contributed by atoms with Crippen LogP contribution in [0.4, 0.5) is 5.82 Å². The summed E-state index contributed by atoms with van der Waals surface area (Å²) in [6.07, 6.45) is 0.342.